The maximum atomic E-state index is 13.8. The van der Waals surface area contributed by atoms with E-state index >= 15 is 0 Å². The van der Waals surface area contributed by atoms with Crippen LogP contribution in [0.4, 0.5) is 17.6 Å². The molecule has 3 aromatic carbocycles. The van der Waals surface area contributed by atoms with Gasteiger partial charge in [0.25, 0.3) is 0 Å². The summed E-state index contributed by atoms with van der Waals surface area (Å²) in [5.74, 6) is -7.74. The van der Waals surface area contributed by atoms with Gasteiger partial charge in [-0.3, -0.25) is 4.79 Å². The Kier molecular flexibility index (Phi) is 6.59. The number of aromatic hydroxyl groups is 1. The van der Waals surface area contributed by atoms with E-state index in [2.05, 4.69) is 0 Å². The fourth-order valence-electron chi connectivity index (χ4n) is 2.77. The Hall–Kier alpha value is -3.81. The standard InChI is InChI=1S/C23H16F4O4/c1-30-20-8-6-13(5-7-19(29)14-3-2-4-16(28)10-14)9-15(20)12-31-23-21(26)17(24)11-18(25)22(23)27/h2-11,28H,12H2,1H3/b7-5+. The van der Waals surface area contributed by atoms with Gasteiger partial charge in [-0.05, 0) is 35.9 Å². The van der Waals surface area contributed by atoms with Crippen LogP contribution in [0.2, 0.25) is 0 Å². The van der Waals surface area contributed by atoms with Crippen LogP contribution in [-0.4, -0.2) is 18.0 Å². The summed E-state index contributed by atoms with van der Waals surface area (Å²) in [5, 5.41) is 9.46. The van der Waals surface area contributed by atoms with Crippen molar-refractivity contribution in [2.24, 2.45) is 0 Å². The Morgan fingerprint density at radius 3 is 2.35 bits per heavy atom. The van der Waals surface area contributed by atoms with Crippen LogP contribution in [0.1, 0.15) is 21.5 Å². The molecule has 160 valence electrons. The summed E-state index contributed by atoms with van der Waals surface area (Å²) in [7, 11) is 1.36. The average molecular weight is 432 g/mol. The van der Waals surface area contributed by atoms with Crippen molar-refractivity contribution < 1.29 is 36.9 Å². The van der Waals surface area contributed by atoms with Crippen molar-refractivity contribution in [3.05, 3.63) is 94.6 Å². The van der Waals surface area contributed by atoms with E-state index < -0.39 is 35.6 Å². The largest absolute Gasteiger partial charge is 0.508 e. The third kappa shape index (κ3) is 5.03. The minimum absolute atomic E-state index is 0.0450. The van der Waals surface area contributed by atoms with E-state index in [1.54, 1.807) is 12.1 Å². The van der Waals surface area contributed by atoms with Gasteiger partial charge in [-0.15, -0.1) is 0 Å². The molecule has 4 nitrogen and oxygen atoms in total. The molecule has 0 unspecified atom stereocenters. The van der Waals surface area contributed by atoms with Crippen LogP contribution in [0.5, 0.6) is 17.2 Å². The van der Waals surface area contributed by atoms with Crippen LogP contribution < -0.4 is 9.47 Å². The summed E-state index contributed by atoms with van der Waals surface area (Å²) in [5.41, 5.74) is 1.13. The monoisotopic (exact) mass is 432 g/mol. The zero-order chi connectivity index (χ0) is 22.5. The predicted octanol–water partition coefficient (Wildman–Crippen LogP) is 5.43. The summed E-state index contributed by atoms with van der Waals surface area (Å²) in [6.07, 6.45) is 2.76. The molecular weight excluding hydrogens is 416 g/mol. The van der Waals surface area contributed by atoms with E-state index in [-0.39, 0.29) is 23.2 Å². The Labute approximate surface area is 175 Å². The number of carbonyl (C=O) groups is 1. The molecule has 3 aromatic rings. The molecule has 0 heterocycles. The molecule has 0 aromatic heterocycles. The molecule has 0 amide bonds. The second-order valence-electron chi connectivity index (χ2n) is 6.41. The molecule has 3 rings (SSSR count). The number of benzene rings is 3. The van der Waals surface area contributed by atoms with Crippen molar-refractivity contribution in [3.63, 3.8) is 0 Å². The minimum atomic E-state index is -1.65. The molecule has 0 atom stereocenters. The van der Waals surface area contributed by atoms with E-state index in [0.717, 1.165) is 0 Å². The highest BCUT2D eigenvalue weighted by Crippen LogP contribution is 2.29. The van der Waals surface area contributed by atoms with Gasteiger partial charge in [-0.25, -0.2) is 8.78 Å². The van der Waals surface area contributed by atoms with Crippen molar-refractivity contribution in [2.45, 2.75) is 6.61 Å². The first-order chi connectivity index (χ1) is 14.8. The molecular formula is C23H16F4O4. The second-order valence-corrected chi connectivity index (χ2v) is 6.41. The van der Waals surface area contributed by atoms with Gasteiger partial charge in [0.1, 0.15) is 18.1 Å². The van der Waals surface area contributed by atoms with Gasteiger partial charge in [0.05, 0.1) is 7.11 Å². The summed E-state index contributed by atoms with van der Waals surface area (Å²) in [6, 6.07) is 10.6. The highest BCUT2D eigenvalue weighted by atomic mass is 19.2. The van der Waals surface area contributed by atoms with Gasteiger partial charge in [0, 0.05) is 17.2 Å². The van der Waals surface area contributed by atoms with Gasteiger partial charge in [-0.2, -0.15) is 8.78 Å². The quantitative estimate of drug-likeness (QED) is 0.234. The molecule has 1 N–H and O–H groups in total. The van der Waals surface area contributed by atoms with Crippen molar-refractivity contribution in [1.29, 1.82) is 0 Å². The lowest BCUT2D eigenvalue weighted by Crippen LogP contribution is -2.05. The Balaban J connectivity index is 1.82. The average Bonchev–Trinajstić information content (AvgIpc) is 2.76. The molecule has 0 radical (unpaired) electrons. The molecule has 0 saturated carbocycles. The number of phenols is 1. The number of hydrogen-bond donors (Lipinski definition) is 1. The van der Waals surface area contributed by atoms with E-state index in [9.17, 15) is 27.5 Å². The maximum Gasteiger partial charge on any atom is 0.203 e. The predicted molar refractivity (Wildman–Crippen MR) is 105 cm³/mol. The van der Waals surface area contributed by atoms with Gasteiger partial charge >= 0.3 is 0 Å². The number of rotatable bonds is 7. The normalized spacial score (nSPS) is 11.0. The number of ketones is 1. The highest BCUT2D eigenvalue weighted by molar-refractivity contribution is 6.07. The van der Waals surface area contributed by atoms with Crippen molar-refractivity contribution in [3.8, 4) is 17.2 Å². The smallest absolute Gasteiger partial charge is 0.203 e. The zero-order valence-corrected chi connectivity index (χ0v) is 16.2. The Morgan fingerprint density at radius 1 is 1.00 bits per heavy atom. The lowest BCUT2D eigenvalue weighted by molar-refractivity contribution is 0.104. The zero-order valence-electron chi connectivity index (χ0n) is 16.2. The molecule has 0 saturated heterocycles. The molecule has 0 aliphatic heterocycles. The van der Waals surface area contributed by atoms with Crippen molar-refractivity contribution >= 4 is 11.9 Å². The number of halogens is 4. The molecule has 0 aliphatic rings. The fraction of sp³-hybridized carbons (Fsp3) is 0.0870. The van der Waals surface area contributed by atoms with Crippen LogP contribution in [0.25, 0.3) is 6.08 Å². The van der Waals surface area contributed by atoms with Gasteiger partial charge in [0.2, 0.25) is 11.6 Å². The lowest BCUT2D eigenvalue weighted by Gasteiger charge is -2.13. The van der Waals surface area contributed by atoms with Crippen LogP contribution in [0.3, 0.4) is 0 Å². The van der Waals surface area contributed by atoms with E-state index in [4.69, 9.17) is 9.47 Å². The first kappa shape index (κ1) is 21.9. The molecule has 0 bridgehead atoms. The molecule has 0 spiro atoms. The SMILES string of the molecule is COc1ccc(/C=C/C(=O)c2cccc(O)c2)cc1COc1c(F)c(F)cc(F)c1F. The van der Waals surface area contributed by atoms with E-state index in [1.165, 1.54) is 49.6 Å². The topological polar surface area (TPSA) is 55.8 Å². The first-order valence-electron chi connectivity index (χ1n) is 8.94. The summed E-state index contributed by atoms with van der Waals surface area (Å²) in [4.78, 5) is 12.2. The summed E-state index contributed by atoms with van der Waals surface area (Å²) in [6.45, 7) is -0.456. The van der Waals surface area contributed by atoms with Crippen molar-refractivity contribution in [2.75, 3.05) is 7.11 Å². The Bertz CT molecular complexity index is 1130. The lowest BCUT2D eigenvalue weighted by atomic mass is 10.1. The number of phenolic OH excluding ortho intramolecular Hbond substituents is 1. The minimum Gasteiger partial charge on any atom is -0.508 e. The number of ether oxygens (including phenoxy) is 2. The first-order valence-corrected chi connectivity index (χ1v) is 8.94. The second kappa shape index (κ2) is 9.34. The maximum absolute atomic E-state index is 13.8. The van der Waals surface area contributed by atoms with Gasteiger partial charge < -0.3 is 14.6 Å². The summed E-state index contributed by atoms with van der Waals surface area (Å²) >= 11 is 0. The summed E-state index contributed by atoms with van der Waals surface area (Å²) < 4.78 is 64.5. The van der Waals surface area contributed by atoms with Crippen LogP contribution >= 0.6 is 0 Å². The van der Waals surface area contributed by atoms with Crippen molar-refractivity contribution in [1.82, 2.24) is 0 Å². The molecule has 31 heavy (non-hydrogen) atoms. The van der Waals surface area contributed by atoms with E-state index in [0.29, 0.717) is 16.9 Å². The number of hydrogen-bond acceptors (Lipinski definition) is 4. The molecule has 0 fully saturated rings. The van der Waals surface area contributed by atoms with E-state index in [1.807, 2.05) is 0 Å². The highest BCUT2D eigenvalue weighted by Gasteiger charge is 2.21. The van der Waals surface area contributed by atoms with Gasteiger partial charge in [-0.1, -0.05) is 24.3 Å². The molecule has 0 aliphatic carbocycles. The third-order valence-corrected chi connectivity index (χ3v) is 4.31. The number of methoxy groups -OCH3 is 1. The van der Waals surface area contributed by atoms with Crippen LogP contribution in [0.15, 0.2) is 54.6 Å². The number of carbonyl (C=O) groups excluding carboxylic acids is 1. The fourth-order valence-corrected chi connectivity index (χ4v) is 2.77. The number of allylic oxidation sites excluding steroid dienone is 1. The Morgan fingerprint density at radius 2 is 1.71 bits per heavy atom. The van der Waals surface area contributed by atoms with Gasteiger partial charge in [0.15, 0.2) is 23.2 Å². The molecule has 8 heteroatoms. The van der Waals surface area contributed by atoms with Crippen LogP contribution in [0, 0.1) is 23.3 Å². The third-order valence-electron chi connectivity index (χ3n) is 4.31. The van der Waals surface area contributed by atoms with Crippen LogP contribution in [-0.2, 0) is 6.61 Å².